The number of carbonyl (C=O) groups excluding carboxylic acids is 1. The monoisotopic (exact) mass is 575 g/mol. The lowest BCUT2D eigenvalue weighted by Crippen LogP contribution is -2.41. The van der Waals surface area contributed by atoms with Crippen LogP contribution < -0.4 is 14.3 Å². The number of benzene rings is 2. The van der Waals surface area contributed by atoms with Crippen LogP contribution in [-0.2, 0) is 25.5 Å². The number of hydrogen-bond acceptors (Lipinski definition) is 6. The highest BCUT2D eigenvalue weighted by molar-refractivity contribution is 7.92. The minimum atomic E-state index is -3.82. The van der Waals surface area contributed by atoms with Crippen LogP contribution in [0, 0.1) is 5.41 Å². The zero-order chi connectivity index (χ0) is 28.3. The predicted octanol–water partition coefficient (Wildman–Crippen LogP) is 3.75. The minimum Gasteiger partial charge on any atom is -0.395 e. The van der Waals surface area contributed by atoms with Gasteiger partial charge in [0.1, 0.15) is 0 Å². The average molecular weight is 576 g/mol. The van der Waals surface area contributed by atoms with Gasteiger partial charge < -0.3 is 10.0 Å². The lowest BCUT2D eigenvalue weighted by Gasteiger charge is -2.38. The molecule has 2 spiro atoms. The molecular formula is C28H37N3O6S2. The third-order valence-electron chi connectivity index (χ3n) is 8.25. The predicted molar refractivity (Wildman–Crippen MR) is 151 cm³/mol. The van der Waals surface area contributed by atoms with Crippen LogP contribution in [0.15, 0.2) is 47.4 Å². The molecule has 2 aromatic rings. The first kappa shape index (κ1) is 28.1. The molecule has 1 aliphatic heterocycles. The van der Waals surface area contributed by atoms with Gasteiger partial charge in [0, 0.05) is 34.4 Å². The molecule has 0 unspecified atom stereocenters. The van der Waals surface area contributed by atoms with Crippen LogP contribution in [0.5, 0.6) is 0 Å². The largest absolute Gasteiger partial charge is 0.395 e. The van der Waals surface area contributed by atoms with Gasteiger partial charge in [0.25, 0.3) is 5.91 Å². The molecule has 3 aliphatic rings. The Balaban J connectivity index is 1.49. The maximum absolute atomic E-state index is 13.9. The van der Waals surface area contributed by atoms with Crippen molar-refractivity contribution in [2.75, 3.05) is 28.5 Å². The van der Waals surface area contributed by atoms with E-state index in [-0.39, 0.29) is 21.8 Å². The van der Waals surface area contributed by atoms with Crippen molar-refractivity contribution in [1.29, 1.82) is 0 Å². The molecule has 212 valence electrons. The molecule has 11 heteroatoms. The van der Waals surface area contributed by atoms with Crippen LogP contribution >= 0.6 is 0 Å². The number of rotatable bonds is 7. The summed E-state index contributed by atoms with van der Waals surface area (Å²) in [5, 5.41) is 9.11. The zero-order valence-electron chi connectivity index (χ0n) is 22.7. The highest BCUT2D eigenvalue weighted by Crippen LogP contribution is 2.62. The van der Waals surface area contributed by atoms with Crippen LogP contribution in [0.25, 0.3) is 0 Å². The van der Waals surface area contributed by atoms with E-state index < -0.39 is 37.9 Å². The third kappa shape index (κ3) is 5.73. The van der Waals surface area contributed by atoms with E-state index in [1.807, 2.05) is 6.07 Å². The zero-order valence-corrected chi connectivity index (χ0v) is 24.3. The molecule has 2 fully saturated rings. The van der Waals surface area contributed by atoms with Crippen molar-refractivity contribution in [1.82, 2.24) is 4.72 Å². The molecule has 0 aromatic heterocycles. The number of nitrogens with zero attached hydrogens (tertiary/aromatic N) is 1. The Morgan fingerprint density at radius 1 is 0.974 bits per heavy atom. The van der Waals surface area contributed by atoms with Crippen molar-refractivity contribution in [2.24, 2.45) is 5.41 Å². The van der Waals surface area contributed by atoms with Gasteiger partial charge in [-0.05, 0) is 107 Å². The number of aliphatic hydroxyl groups excluding tert-OH is 1. The standard InChI is InChI=1S/C28H37N3O6S2/c1-26(2,3)30-39(36,37)22-6-4-5-20(17-22)25(33)31-19-28(13-11-27(9-10-27)12-14-28)23-18-21(7-8-24(23)31)29-38(34,35)16-15-32/h4-8,17-18,29-30,32H,9-16,19H2,1-3H3. The Morgan fingerprint density at radius 3 is 2.26 bits per heavy atom. The molecule has 39 heavy (non-hydrogen) atoms. The van der Waals surface area contributed by atoms with E-state index in [0.717, 1.165) is 36.9 Å². The molecule has 1 heterocycles. The van der Waals surface area contributed by atoms with E-state index in [1.54, 1.807) is 49.9 Å². The van der Waals surface area contributed by atoms with E-state index in [0.29, 0.717) is 17.6 Å². The van der Waals surface area contributed by atoms with Crippen LogP contribution in [-0.4, -0.2) is 52.3 Å². The number of amides is 1. The van der Waals surface area contributed by atoms with E-state index in [2.05, 4.69) is 9.44 Å². The highest BCUT2D eigenvalue weighted by Gasteiger charge is 2.53. The lowest BCUT2D eigenvalue weighted by molar-refractivity contribution is 0.0980. The number of fused-ring (bicyclic) bond motifs is 2. The SMILES string of the molecule is CC(C)(C)NS(=O)(=O)c1cccc(C(=O)N2CC3(CCC4(CC4)CC3)c3cc(NS(=O)(=O)CCO)ccc32)c1. The summed E-state index contributed by atoms with van der Waals surface area (Å²) < 4.78 is 55.7. The molecule has 0 bridgehead atoms. The number of hydrogen-bond donors (Lipinski definition) is 3. The van der Waals surface area contributed by atoms with Crippen LogP contribution in [0.4, 0.5) is 11.4 Å². The van der Waals surface area contributed by atoms with E-state index in [9.17, 15) is 21.6 Å². The van der Waals surface area contributed by atoms with Gasteiger partial charge in [-0.1, -0.05) is 6.07 Å². The quantitative estimate of drug-likeness (QED) is 0.461. The van der Waals surface area contributed by atoms with Gasteiger partial charge in [0.05, 0.1) is 17.3 Å². The molecule has 2 aromatic carbocycles. The van der Waals surface area contributed by atoms with Gasteiger partial charge in [0.2, 0.25) is 20.0 Å². The van der Waals surface area contributed by atoms with Crippen LogP contribution in [0.3, 0.4) is 0 Å². The molecular weight excluding hydrogens is 538 g/mol. The number of sulfonamides is 2. The molecule has 2 aliphatic carbocycles. The first-order valence-electron chi connectivity index (χ1n) is 13.4. The van der Waals surface area contributed by atoms with Gasteiger partial charge in [-0.2, -0.15) is 0 Å². The molecule has 0 atom stereocenters. The fraction of sp³-hybridized carbons (Fsp3) is 0.536. The fourth-order valence-electron chi connectivity index (χ4n) is 6.04. The maximum atomic E-state index is 13.9. The van der Waals surface area contributed by atoms with Crippen molar-refractivity contribution in [2.45, 2.75) is 75.1 Å². The Bertz CT molecular complexity index is 1500. The normalized spacial score (nSPS) is 19.7. The molecule has 0 radical (unpaired) electrons. The number of carbonyl (C=O) groups is 1. The van der Waals surface area contributed by atoms with E-state index in [4.69, 9.17) is 5.11 Å². The van der Waals surface area contributed by atoms with Crippen LogP contribution in [0.1, 0.15) is 75.2 Å². The topological polar surface area (TPSA) is 133 Å². The maximum Gasteiger partial charge on any atom is 0.258 e. The van der Waals surface area contributed by atoms with E-state index in [1.165, 1.54) is 25.0 Å². The van der Waals surface area contributed by atoms with Crippen molar-refractivity contribution in [3.8, 4) is 0 Å². The number of nitrogens with one attached hydrogen (secondary N) is 2. The van der Waals surface area contributed by atoms with E-state index >= 15 is 0 Å². The summed E-state index contributed by atoms with van der Waals surface area (Å²) in [5.74, 6) is -0.688. The van der Waals surface area contributed by atoms with Crippen molar-refractivity contribution in [3.05, 3.63) is 53.6 Å². The first-order valence-corrected chi connectivity index (χ1v) is 16.5. The molecule has 3 N–H and O–H groups in total. The van der Waals surface area contributed by atoms with Crippen molar-refractivity contribution >= 4 is 37.3 Å². The Hall–Kier alpha value is -2.47. The summed E-state index contributed by atoms with van der Waals surface area (Å²) in [6, 6.07) is 11.3. The minimum absolute atomic E-state index is 0.0272. The first-order chi connectivity index (χ1) is 18.2. The average Bonchev–Trinajstić information content (AvgIpc) is 3.54. The van der Waals surface area contributed by atoms with Gasteiger partial charge >= 0.3 is 0 Å². The summed E-state index contributed by atoms with van der Waals surface area (Å²) in [7, 11) is -7.52. The van der Waals surface area contributed by atoms with Crippen molar-refractivity contribution < 1.29 is 26.7 Å². The summed E-state index contributed by atoms with van der Waals surface area (Å²) in [4.78, 5) is 15.7. The summed E-state index contributed by atoms with van der Waals surface area (Å²) in [6.07, 6.45) is 6.43. The van der Waals surface area contributed by atoms with Crippen LogP contribution in [0.2, 0.25) is 0 Å². The third-order valence-corrected chi connectivity index (χ3v) is 11.3. The lowest BCUT2D eigenvalue weighted by atomic mass is 9.66. The Labute approximate surface area is 231 Å². The fourth-order valence-corrected chi connectivity index (χ4v) is 8.33. The van der Waals surface area contributed by atoms with Gasteiger partial charge in [0.15, 0.2) is 0 Å². The van der Waals surface area contributed by atoms with Gasteiger partial charge in [-0.15, -0.1) is 0 Å². The molecule has 5 rings (SSSR count). The second kappa shape index (κ2) is 9.57. The summed E-state index contributed by atoms with van der Waals surface area (Å²) >= 11 is 0. The molecule has 0 saturated heterocycles. The second-order valence-corrected chi connectivity index (χ2v) is 16.0. The number of aliphatic hydroxyl groups is 1. The molecule has 1 amide bonds. The molecule has 9 nitrogen and oxygen atoms in total. The second-order valence-electron chi connectivity index (χ2n) is 12.4. The van der Waals surface area contributed by atoms with Gasteiger partial charge in [-0.25, -0.2) is 21.6 Å². The Kier molecular flexibility index (Phi) is 6.89. The van der Waals surface area contributed by atoms with Gasteiger partial charge in [-0.3, -0.25) is 9.52 Å². The highest BCUT2D eigenvalue weighted by atomic mass is 32.2. The van der Waals surface area contributed by atoms with Crippen molar-refractivity contribution in [3.63, 3.8) is 0 Å². The smallest absolute Gasteiger partial charge is 0.258 e. The summed E-state index contributed by atoms with van der Waals surface area (Å²) in [6.45, 7) is 5.26. The Morgan fingerprint density at radius 2 is 1.64 bits per heavy atom. The number of anilines is 2. The summed E-state index contributed by atoms with van der Waals surface area (Å²) in [5.41, 5.74) is 1.79. The molecule has 2 saturated carbocycles.